The van der Waals surface area contributed by atoms with Gasteiger partial charge in [0, 0.05) is 11.9 Å². The van der Waals surface area contributed by atoms with Crippen molar-refractivity contribution in [1.29, 1.82) is 0 Å². The van der Waals surface area contributed by atoms with Gasteiger partial charge in [-0.05, 0) is 36.0 Å². The second-order valence-corrected chi connectivity index (χ2v) is 6.55. The van der Waals surface area contributed by atoms with E-state index in [2.05, 4.69) is 35.1 Å². The van der Waals surface area contributed by atoms with Gasteiger partial charge in [0.2, 0.25) is 5.91 Å². The Bertz CT molecular complexity index is 432. The first-order chi connectivity index (χ1) is 9.46. The lowest BCUT2D eigenvalue weighted by molar-refractivity contribution is -0.120. The molecule has 0 atom stereocenters. The Labute approximate surface area is 130 Å². The molecule has 1 aromatic rings. The van der Waals surface area contributed by atoms with Gasteiger partial charge in [0.25, 0.3) is 0 Å². The van der Waals surface area contributed by atoms with Crippen molar-refractivity contribution in [2.75, 3.05) is 19.0 Å². The van der Waals surface area contributed by atoms with Crippen molar-refractivity contribution >= 4 is 21.8 Å². The molecule has 1 aromatic carbocycles. The molecule has 1 amide bonds. The average Bonchev–Trinajstić information content (AvgIpc) is 2.43. The smallest absolute Gasteiger partial charge is 0.224 e. The lowest BCUT2D eigenvalue weighted by Gasteiger charge is -2.24. The summed E-state index contributed by atoms with van der Waals surface area (Å²) in [7, 11) is 1.63. The molecule has 1 N–H and O–H groups in total. The Morgan fingerprint density at radius 3 is 2.80 bits per heavy atom. The van der Waals surface area contributed by atoms with Crippen LogP contribution in [0.25, 0.3) is 0 Å². The zero-order chi connectivity index (χ0) is 15.0. The molecule has 0 aliphatic heterocycles. The third-order valence-electron chi connectivity index (χ3n) is 3.25. The van der Waals surface area contributed by atoms with Gasteiger partial charge < -0.3 is 10.1 Å². The predicted octanol–water partition coefficient (Wildman–Crippen LogP) is 3.56. The minimum Gasteiger partial charge on any atom is -0.497 e. The van der Waals surface area contributed by atoms with Crippen molar-refractivity contribution in [3.05, 3.63) is 29.8 Å². The van der Waals surface area contributed by atoms with E-state index in [4.69, 9.17) is 4.74 Å². The number of amides is 1. The second kappa shape index (κ2) is 8.30. The van der Waals surface area contributed by atoms with Crippen LogP contribution in [0.4, 0.5) is 0 Å². The highest BCUT2D eigenvalue weighted by Gasteiger charge is 2.18. The predicted molar refractivity (Wildman–Crippen MR) is 86.5 cm³/mol. The number of carbonyl (C=O) groups excluding carboxylic acids is 1. The molecule has 0 saturated heterocycles. The van der Waals surface area contributed by atoms with Gasteiger partial charge in [-0.1, -0.05) is 41.9 Å². The molecular formula is C16H24BrNO2. The van der Waals surface area contributed by atoms with Gasteiger partial charge in [0.1, 0.15) is 5.75 Å². The molecule has 20 heavy (non-hydrogen) atoms. The molecule has 0 fully saturated rings. The number of ether oxygens (including phenoxy) is 1. The van der Waals surface area contributed by atoms with Crippen molar-refractivity contribution in [2.45, 2.75) is 33.1 Å². The molecule has 1 rings (SSSR count). The van der Waals surface area contributed by atoms with Crippen LogP contribution in [0, 0.1) is 5.41 Å². The zero-order valence-corrected chi connectivity index (χ0v) is 14.1. The summed E-state index contributed by atoms with van der Waals surface area (Å²) in [5.74, 6) is 0.845. The van der Waals surface area contributed by atoms with E-state index >= 15 is 0 Å². The molecule has 0 radical (unpaired) electrons. The fourth-order valence-electron chi connectivity index (χ4n) is 2.00. The van der Waals surface area contributed by atoms with Crippen LogP contribution in [0.2, 0.25) is 0 Å². The van der Waals surface area contributed by atoms with E-state index in [0.717, 1.165) is 29.5 Å². The van der Waals surface area contributed by atoms with E-state index in [-0.39, 0.29) is 11.3 Å². The molecule has 0 saturated carbocycles. The molecule has 0 aromatic heterocycles. The molecule has 0 unspecified atom stereocenters. The number of halogens is 1. The standard InChI is InChI=1S/C16H24BrNO2/c1-16(2,8-5-9-17)12-18-15(19)11-13-6-4-7-14(10-13)20-3/h4,6-7,10H,5,8-9,11-12H2,1-3H3,(H,18,19). The summed E-state index contributed by atoms with van der Waals surface area (Å²) in [5, 5.41) is 4.03. The van der Waals surface area contributed by atoms with Crippen molar-refractivity contribution < 1.29 is 9.53 Å². The first-order valence-corrected chi connectivity index (χ1v) is 8.04. The van der Waals surface area contributed by atoms with E-state index in [1.807, 2.05) is 24.3 Å². The van der Waals surface area contributed by atoms with Crippen molar-refractivity contribution in [3.63, 3.8) is 0 Å². The molecule has 112 valence electrons. The molecule has 0 spiro atoms. The molecule has 0 aliphatic rings. The van der Waals surface area contributed by atoms with Crippen LogP contribution in [0.3, 0.4) is 0 Å². The van der Waals surface area contributed by atoms with Gasteiger partial charge in [0.05, 0.1) is 13.5 Å². The van der Waals surface area contributed by atoms with Crippen LogP contribution in [0.15, 0.2) is 24.3 Å². The highest BCUT2D eigenvalue weighted by atomic mass is 79.9. The van der Waals surface area contributed by atoms with Crippen LogP contribution in [-0.4, -0.2) is 24.9 Å². The fourth-order valence-corrected chi connectivity index (χ4v) is 2.28. The maximum absolute atomic E-state index is 12.0. The largest absolute Gasteiger partial charge is 0.497 e. The van der Waals surface area contributed by atoms with Crippen molar-refractivity contribution in [3.8, 4) is 5.75 Å². The monoisotopic (exact) mass is 341 g/mol. The first-order valence-electron chi connectivity index (χ1n) is 6.92. The summed E-state index contributed by atoms with van der Waals surface area (Å²) in [6, 6.07) is 7.62. The molecule has 0 aliphatic carbocycles. The van der Waals surface area contributed by atoms with E-state index in [0.29, 0.717) is 13.0 Å². The topological polar surface area (TPSA) is 38.3 Å². The highest BCUT2D eigenvalue weighted by molar-refractivity contribution is 9.09. The van der Waals surface area contributed by atoms with Gasteiger partial charge in [-0.25, -0.2) is 0 Å². The van der Waals surface area contributed by atoms with E-state index in [1.165, 1.54) is 0 Å². The molecule has 4 heteroatoms. The number of benzene rings is 1. The summed E-state index contributed by atoms with van der Waals surface area (Å²) in [5.41, 5.74) is 1.11. The van der Waals surface area contributed by atoms with Crippen LogP contribution >= 0.6 is 15.9 Å². The van der Waals surface area contributed by atoms with Gasteiger partial charge in [-0.2, -0.15) is 0 Å². The third-order valence-corrected chi connectivity index (χ3v) is 3.81. The lowest BCUT2D eigenvalue weighted by atomic mass is 9.88. The number of hydrogen-bond donors (Lipinski definition) is 1. The molecule has 3 nitrogen and oxygen atoms in total. The second-order valence-electron chi connectivity index (χ2n) is 5.76. The van der Waals surface area contributed by atoms with Gasteiger partial charge in [-0.3, -0.25) is 4.79 Å². The number of carbonyl (C=O) groups is 1. The maximum Gasteiger partial charge on any atom is 0.224 e. The first kappa shape index (κ1) is 17.0. The molecular weight excluding hydrogens is 318 g/mol. The Morgan fingerprint density at radius 1 is 1.40 bits per heavy atom. The molecule has 0 bridgehead atoms. The number of alkyl halides is 1. The zero-order valence-electron chi connectivity index (χ0n) is 12.5. The lowest BCUT2D eigenvalue weighted by Crippen LogP contribution is -2.34. The maximum atomic E-state index is 12.0. The third kappa shape index (κ3) is 6.42. The quantitative estimate of drug-likeness (QED) is 0.734. The van der Waals surface area contributed by atoms with Gasteiger partial charge >= 0.3 is 0 Å². The van der Waals surface area contributed by atoms with Crippen molar-refractivity contribution in [1.82, 2.24) is 5.32 Å². The summed E-state index contributed by atoms with van der Waals surface area (Å²) in [6.07, 6.45) is 2.61. The minimum absolute atomic E-state index is 0.0603. The number of nitrogens with one attached hydrogen (secondary N) is 1. The normalized spacial score (nSPS) is 11.2. The molecule has 0 heterocycles. The summed E-state index contributed by atoms with van der Waals surface area (Å²) < 4.78 is 5.16. The fraction of sp³-hybridized carbons (Fsp3) is 0.562. The summed E-state index contributed by atoms with van der Waals surface area (Å²) in [6.45, 7) is 5.08. The van der Waals surface area contributed by atoms with Crippen LogP contribution in [0.5, 0.6) is 5.75 Å². The van der Waals surface area contributed by atoms with Crippen LogP contribution in [-0.2, 0) is 11.2 Å². The summed E-state index contributed by atoms with van der Waals surface area (Å²) >= 11 is 3.44. The van der Waals surface area contributed by atoms with E-state index in [1.54, 1.807) is 7.11 Å². The van der Waals surface area contributed by atoms with Gasteiger partial charge in [0.15, 0.2) is 0 Å². The van der Waals surface area contributed by atoms with Crippen LogP contribution in [0.1, 0.15) is 32.3 Å². The Hall–Kier alpha value is -1.03. The minimum atomic E-state index is 0.0603. The average molecular weight is 342 g/mol. The van der Waals surface area contributed by atoms with Crippen LogP contribution < -0.4 is 10.1 Å². The Morgan fingerprint density at radius 2 is 2.15 bits per heavy atom. The Kier molecular flexibility index (Phi) is 7.06. The number of methoxy groups -OCH3 is 1. The van der Waals surface area contributed by atoms with E-state index < -0.39 is 0 Å². The SMILES string of the molecule is COc1cccc(CC(=O)NCC(C)(C)CCCBr)c1. The van der Waals surface area contributed by atoms with E-state index in [9.17, 15) is 4.79 Å². The van der Waals surface area contributed by atoms with Gasteiger partial charge in [-0.15, -0.1) is 0 Å². The summed E-state index contributed by atoms with van der Waals surface area (Å²) in [4.78, 5) is 12.0. The highest BCUT2D eigenvalue weighted by Crippen LogP contribution is 2.21. The Balaban J connectivity index is 2.43. The number of rotatable bonds is 8. The number of hydrogen-bond acceptors (Lipinski definition) is 2. The van der Waals surface area contributed by atoms with Crippen molar-refractivity contribution in [2.24, 2.45) is 5.41 Å².